The Morgan fingerprint density at radius 2 is 1.91 bits per heavy atom. The Labute approximate surface area is 204 Å². The number of carbonyl (C=O) groups is 1. The number of fused-ring (bicyclic) bond motifs is 3. The predicted octanol–water partition coefficient (Wildman–Crippen LogP) is 4.95. The van der Waals surface area contributed by atoms with Gasteiger partial charge in [0.15, 0.2) is 5.69 Å². The Bertz CT molecular complexity index is 1180. The van der Waals surface area contributed by atoms with Crippen molar-refractivity contribution in [1.29, 1.82) is 0 Å². The van der Waals surface area contributed by atoms with Gasteiger partial charge < -0.3 is 14.4 Å². The van der Waals surface area contributed by atoms with Gasteiger partial charge in [-0.2, -0.15) is 4.98 Å². The molecule has 2 aromatic carbocycles. The van der Waals surface area contributed by atoms with E-state index < -0.39 is 6.23 Å². The number of anilines is 2. The quantitative estimate of drug-likeness (QED) is 0.441. The van der Waals surface area contributed by atoms with Crippen molar-refractivity contribution in [2.75, 3.05) is 35.8 Å². The van der Waals surface area contributed by atoms with Crippen LogP contribution in [0, 0.1) is 0 Å². The summed E-state index contributed by atoms with van der Waals surface area (Å²) in [5, 5.41) is 9.22. The average molecular weight is 480 g/mol. The van der Waals surface area contributed by atoms with Crippen LogP contribution in [0.4, 0.5) is 11.4 Å². The molecule has 178 valence electrons. The number of nitrogens with zero attached hydrogens (tertiary/aromatic N) is 5. The van der Waals surface area contributed by atoms with E-state index >= 15 is 0 Å². The molecular weight excluding hydrogens is 450 g/mol. The van der Waals surface area contributed by atoms with Gasteiger partial charge in [-0.25, -0.2) is 0 Å². The Morgan fingerprint density at radius 1 is 1.15 bits per heavy atom. The third-order valence-electron chi connectivity index (χ3n) is 5.74. The molecule has 0 aliphatic carbocycles. The minimum absolute atomic E-state index is 0.170. The van der Waals surface area contributed by atoms with Crippen LogP contribution in [0.3, 0.4) is 0 Å². The number of carbonyl (C=O) groups excluding carboxylic acids is 1. The highest BCUT2D eigenvalue weighted by Crippen LogP contribution is 2.45. The summed E-state index contributed by atoms with van der Waals surface area (Å²) in [4.78, 5) is 21.5. The van der Waals surface area contributed by atoms with Gasteiger partial charge in [-0.15, -0.1) is 10.2 Å². The van der Waals surface area contributed by atoms with Crippen LogP contribution in [-0.2, 0) is 4.79 Å². The van der Waals surface area contributed by atoms with Crippen LogP contribution in [0.15, 0.2) is 47.6 Å². The lowest BCUT2D eigenvalue weighted by Gasteiger charge is -2.31. The summed E-state index contributed by atoms with van der Waals surface area (Å²) < 4.78 is 12.3. The van der Waals surface area contributed by atoms with E-state index in [1.54, 1.807) is 12.0 Å². The summed E-state index contributed by atoms with van der Waals surface area (Å²) in [5.74, 6) is 1.60. The van der Waals surface area contributed by atoms with Gasteiger partial charge in [0.05, 0.1) is 18.4 Å². The fraction of sp³-hybridized carbons (Fsp3) is 0.360. The first kappa shape index (κ1) is 23.8. The first-order valence-electron chi connectivity index (χ1n) is 11.4. The van der Waals surface area contributed by atoms with E-state index in [0.717, 1.165) is 35.7 Å². The van der Waals surface area contributed by atoms with Gasteiger partial charge in [-0.3, -0.25) is 9.69 Å². The lowest BCUT2D eigenvalue weighted by molar-refractivity contribution is -0.118. The zero-order chi connectivity index (χ0) is 24.2. The second-order valence-electron chi connectivity index (χ2n) is 7.66. The molecular formula is C25H29N5O3S. The van der Waals surface area contributed by atoms with E-state index in [0.29, 0.717) is 28.2 Å². The molecule has 0 bridgehead atoms. The molecule has 8 nitrogen and oxygen atoms in total. The van der Waals surface area contributed by atoms with Crippen LogP contribution in [0.2, 0.25) is 0 Å². The number of aromatic nitrogens is 3. The second kappa shape index (κ2) is 10.3. The summed E-state index contributed by atoms with van der Waals surface area (Å²) >= 11 is 1.48. The molecule has 3 aromatic rings. The summed E-state index contributed by atoms with van der Waals surface area (Å²) in [6.45, 7) is 9.53. The number of benzene rings is 2. The van der Waals surface area contributed by atoms with Crippen molar-refractivity contribution < 1.29 is 14.3 Å². The molecule has 0 saturated carbocycles. The Balaban J connectivity index is 1.91. The SMILES string of the molecule is CCSc1nnc2c(n1)O[C@H](c1ccc(N(CC)CC)cc1OC)N(C(C)=O)c1ccccc1-2. The van der Waals surface area contributed by atoms with E-state index in [9.17, 15) is 4.79 Å². The third-order valence-corrected chi connectivity index (χ3v) is 6.46. The van der Waals surface area contributed by atoms with E-state index in [4.69, 9.17) is 9.47 Å². The zero-order valence-electron chi connectivity index (χ0n) is 20.1. The number of ether oxygens (including phenoxy) is 2. The van der Waals surface area contributed by atoms with Crippen LogP contribution in [0.1, 0.15) is 39.5 Å². The molecule has 0 spiro atoms. The molecule has 4 rings (SSSR count). The van der Waals surface area contributed by atoms with Gasteiger partial charge in [0.2, 0.25) is 23.2 Å². The molecule has 1 amide bonds. The van der Waals surface area contributed by atoms with E-state index in [-0.39, 0.29) is 5.91 Å². The smallest absolute Gasteiger partial charge is 0.247 e. The lowest BCUT2D eigenvalue weighted by atomic mass is 10.1. The molecule has 1 aromatic heterocycles. The monoisotopic (exact) mass is 479 g/mol. The van der Waals surface area contributed by atoms with Crippen molar-refractivity contribution in [2.24, 2.45) is 0 Å². The van der Waals surface area contributed by atoms with Gasteiger partial charge >= 0.3 is 0 Å². The van der Waals surface area contributed by atoms with Gasteiger partial charge in [-0.05, 0) is 37.8 Å². The van der Waals surface area contributed by atoms with Crippen LogP contribution < -0.4 is 19.3 Å². The molecule has 0 unspecified atom stereocenters. The molecule has 1 atom stereocenters. The van der Waals surface area contributed by atoms with Crippen molar-refractivity contribution in [1.82, 2.24) is 15.2 Å². The predicted molar refractivity (Wildman–Crippen MR) is 135 cm³/mol. The summed E-state index contributed by atoms with van der Waals surface area (Å²) in [5.41, 5.74) is 3.69. The zero-order valence-corrected chi connectivity index (χ0v) is 20.9. The maximum absolute atomic E-state index is 13.0. The minimum atomic E-state index is -0.795. The van der Waals surface area contributed by atoms with Crippen LogP contribution >= 0.6 is 11.8 Å². The Hall–Kier alpha value is -3.33. The maximum atomic E-state index is 13.0. The number of rotatable bonds is 7. The van der Waals surface area contributed by atoms with Crippen molar-refractivity contribution in [3.8, 4) is 22.9 Å². The summed E-state index contributed by atoms with van der Waals surface area (Å²) in [6.07, 6.45) is -0.795. The normalized spacial score (nSPS) is 14.5. The van der Waals surface area contributed by atoms with Gasteiger partial charge in [0.25, 0.3) is 0 Å². The molecule has 2 heterocycles. The standard InChI is InChI=1S/C25H29N5O3S/c1-6-29(7-2)17-13-14-19(21(15-17)32-5)24-30(16(4)31)20-12-10-9-11-18(20)22-23(33-24)26-25(28-27-22)34-8-3/h9-15,24H,6-8H2,1-5H3/t24-/m1/s1. The first-order chi connectivity index (χ1) is 16.5. The van der Waals surface area contributed by atoms with Gasteiger partial charge in [0, 0.05) is 37.3 Å². The largest absolute Gasteiger partial charge is 0.496 e. The highest BCUT2D eigenvalue weighted by Gasteiger charge is 2.36. The molecule has 1 aliphatic rings. The van der Waals surface area contributed by atoms with Crippen LogP contribution in [-0.4, -0.2) is 47.0 Å². The van der Waals surface area contributed by atoms with E-state index in [1.165, 1.54) is 18.7 Å². The topological polar surface area (TPSA) is 80.7 Å². The number of hydrogen-bond acceptors (Lipinski definition) is 8. The van der Waals surface area contributed by atoms with Crippen LogP contribution in [0.25, 0.3) is 11.3 Å². The first-order valence-corrected chi connectivity index (χ1v) is 12.4. The fourth-order valence-electron chi connectivity index (χ4n) is 4.13. The van der Waals surface area contributed by atoms with Crippen molar-refractivity contribution in [3.63, 3.8) is 0 Å². The van der Waals surface area contributed by atoms with E-state index in [1.807, 2.05) is 49.4 Å². The number of hydrogen-bond donors (Lipinski definition) is 0. The molecule has 0 radical (unpaired) electrons. The Morgan fingerprint density at radius 3 is 2.59 bits per heavy atom. The minimum Gasteiger partial charge on any atom is -0.496 e. The molecule has 0 saturated heterocycles. The van der Waals surface area contributed by atoms with Crippen molar-refractivity contribution in [2.45, 2.75) is 39.1 Å². The number of thioether (sulfide) groups is 1. The lowest BCUT2D eigenvalue weighted by Crippen LogP contribution is -2.36. The fourth-order valence-corrected chi connectivity index (χ4v) is 4.64. The highest BCUT2D eigenvalue weighted by molar-refractivity contribution is 7.99. The van der Waals surface area contributed by atoms with Crippen LogP contribution in [0.5, 0.6) is 11.6 Å². The van der Waals surface area contributed by atoms with E-state index in [2.05, 4.69) is 33.9 Å². The Kier molecular flexibility index (Phi) is 7.21. The molecule has 0 fully saturated rings. The molecule has 34 heavy (non-hydrogen) atoms. The number of para-hydroxylation sites is 1. The summed E-state index contributed by atoms with van der Waals surface area (Å²) in [7, 11) is 1.63. The maximum Gasteiger partial charge on any atom is 0.247 e. The highest BCUT2D eigenvalue weighted by atomic mass is 32.2. The molecule has 1 aliphatic heterocycles. The average Bonchev–Trinajstić information content (AvgIpc) is 2.99. The third kappa shape index (κ3) is 4.40. The molecule has 0 N–H and O–H groups in total. The molecule has 9 heteroatoms. The van der Waals surface area contributed by atoms with Crippen molar-refractivity contribution >= 4 is 29.0 Å². The summed E-state index contributed by atoms with van der Waals surface area (Å²) in [6, 6.07) is 13.5. The number of methoxy groups -OCH3 is 1. The van der Waals surface area contributed by atoms with Gasteiger partial charge in [-0.1, -0.05) is 36.9 Å². The van der Waals surface area contributed by atoms with Crippen molar-refractivity contribution in [3.05, 3.63) is 48.0 Å². The van der Waals surface area contributed by atoms with Gasteiger partial charge in [0.1, 0.15) is 5.75 Å². The second-order valence-corrected chi connectivity index (χ2v) is 8.89. The number of amides is 1.